The molecular formula is C15H16N4O3S2. The van der Waals surface area contributed by atoms with Gasteiger partial charge >= 0.3 is 5.69 Å². The third kappa shape index (κ3) is 2.63. The highest BCUT2D eigenvalue weighted by Gasteiger charge is 2.19. The molecule has 9 heteroatoms. The molecule has 0 unspecified atom stereocenters. The number of thiophene rings is 1. The first-order chi connectivity index (χ1) is 11.5. The van der Waals surface area contributed by atoms with E-state index < -0.39 is 5.69 Å². The lowest BCUT2D eigenvalue weighted by atomic mass is 10.4. The first kappa shape index (κ1) is 16.7. The minimum Gasteiger partial charge on any atom is -0.313 e. The number of imidazole rings is 1. The predicted molar refractivity (Wildman–Crippen MR) is 95.3 cm³/mol. The largest absolute Gasteiger partial charge is 0.332 e. The van der Waals surface area contributed by atoms with Crippen LogP contribution >= 0.6 is 23.1 Å². The number of thioether (sulfide) groups is 1. The molecule has 0 atom stereocenters. The molecule has 24 heavy (non-hydrogen) atoms. The zero-order valence-electron chi connectivity index (χ0n) is 13.5. The van der Waals surface area contributed by atoms with Crippen LogP contribution in [-0.2, 0) is 20.6 Å². The Morgan fingerprint density at radius 3 is 2.67 bits per heavy atom. The molecule has 0 amide bonds. The van der Waals surface area contributed by atoms with Gasteiger partial charge in [-0.1, -0.05) is 17.8 Å². The number of ketones is 1. The molecule has 3 rings (SSSR count). The van der Waals surface area contributed by atoms with Gasteiger partial charge in [0.2, 0.25) is 0 Å². The number of Topliss-reactive ketones (excluding diaryl/α,β-unsaturated/α-hetero) is 1. The molecule has 3 aromatic heterocycles. The summed E-state index contributed by atoms with van der Waals surface area (Å²) in [7, 11) is 3.03. The van der Waals surface area contributed by atoms with Gasteiger partial charge in [-0.2, -0.15) is 0 Å². The third-order valence-corrected chi connectivity index (χ3v) is 5.64. The van der Waals surface area contributed by atoms with Gasteiger partial charge in [-0.25, -0.2) is 9.78 Å². The summed E-state index contributed by atoms with van der Waals surface area (Å²) in [5.41, 5.74) is -0.0671. The maximum atomic E-state index is 12.4. The van der Waals surface area contributed by atoms with E-state index in [2.05, 4.69) is 4.98 Å². The molecule has 3 aromatic rings. The van der Waals surface area contributed by atoms with E-state index in [4.69, 9.17) is 0 Å². The fourth-order valence-corrected chi connectivity index (χ4v) is 4.17. The summed E-state index contributed by atoms with van der Waals surface area (Å²) in [5, 5.41) is 2.43. The van der Waals surface area contributed by atoms with Crippen LogP contribution in [0.4, 0.5) is 0 Å². The maximum Gasteiger partial charge on any atom is 0.332 e. The number of carbonyl (C=O) groups is 1. The minimum absolute atomic E-state index is 0.0199. The maximum absolute atomic E-state index is 12.4. The summed E-state index contributed by atoms with van der Waals surface area (Å²) in [5.74, 6) is 0.254. The second-order valence-corrected chi connectivity index (χ2v) is 7.10. The van der Waals surface area contributed by atoms with Gasteiger partial charge in [-0.05, 0) is 18.4 Å². The second-order valence-electron chi connectivity index (χ2n) is 5.21. The average molecular weight is 364 g/mol. The van der Waals surface area contributed by atoms with E-state index in [9.17, 15) is 14.4 Å². The van der Waals surface area contributed by atoms with Crippen LogP contribution in [0, 0.1) is 0 Å². The lowest BCUT2D eigenvalue weighted by Crippen LogP contribution is -2.37. The highest BCUT2D eigenvalue weighted by atomic mass is 32.2. The fraction of sp³-hybridized carbons (Fsp3) is 0.333. The van der Waals surface area contributed by atoms with Crippen molar-refractivity contribution in [3.63, 3.8) is 0 Å². The molecule has 0 aliphatic carbocycles. The van der Waals surface area contributed by atoms with Gasteiger partial charge < -0.3 is 4.57 Å². The highest BCUT2D eigenvalue weighted by molar-refractivity contribution is 7.99. The van der Waals surface area contributed by atoms with Crippen LogP contribution in [-0.4, -0.2) is 30.2 Å². The van der Waals surface area contributed by atoms with Crippen LogP contribution < -0.4 is 11.2 Å². The molecule has 0 aliphatic heterocycles. The van der Waals surface area contributed by atoms with E-state index in [1.807, 2.05) is 18.4 Å². The van der Waals surface area contributed by atoms with E-state index in [0.29, 0.717) is 27.7 Å². The molecule has 0 radical (unpaired) electrons. The molecule has 3 heterocycles. The molecule has 0 aliphatic rings. The van der Waals surface area contributed by atoms with Crippen molar-refractivity contribution < 1.29 is 4.79 Å². The lowest BCUT2D eigenvalue weighted by molar-refractivity contribution is 0.102. The molecule has 0 spiro atoms. The number of fused-ring (bicyclic) bond motifs is 1. The average Bonchev–Trinajstić information content (AvgIpc) is 3.23. The number of carbonyl (C=O) groups excluding carboxylic acids is 1. The summed E-state index contributed by atoms with van der Waals surface area (Å²) < 4.78 is 4.18. The summed E-state index contributed by atoms with van der Waals surface area (Å²) in [4.78, 5) is 41.8. The first-order valence-corrected chi connectivity index (χ1v) is 9.18. The van der Waals surface area contributed by atoms with E-state index >= 15 is 0 Å². The number of aromatic nitrogens is 4. The Balaban J connectivity index is 2.04. The number of aryl methyl sites for hydroxylation is 2. The zero-order valence-corrected chi connectivity index (χ0v) is 15.1. The van der Waals surface area contributed by atoms with Crippen LogP contribution in [0.15, 0.2) is 32.3 Å². The van der Waals surface area contributed by atoms with Crippen LogP contribution in [0.2, 0.25) is 0 Å². The third-order valence-electron chi connectivity index (χ3n) is 3.76. The van der Waals surface area contributed by atoms with Gasteiger partial charge in [-0.15, -0.1) is 11.3 Å². The Hall–Kier alpha value is -2.13. The number of rotatable bonds is 5. The smallest absolute Gasteiger partial charge is 0.313 e. The first-order valence-electron chi connectivity index (χ1n) is 7.31. The lowest BCUT2D eigenvalue weighted by Gasteiger charge is -2.06. The Morgan fingerprint density at radius 2 is 2.04 bits per heavy atom. The fourth-order valence-electron chi connectivity index (χ4n) is 2.47. The van der Waals surface area contributed by atoms with Crippen molar-refractivity contribution in [3.05, 3.63) is 43.2 Å². The summed E-state index contributed by atoms with van der Waals surface area (Å²) >= 11 is 2.68. The van der Waals surface area contributed by atoms with Crippen molar-refractivity contribution >= 4 is 40.0 Å². The van der Waals surface area contributed by atoms with Gasteiger partial charge in [0.25, 0.3) is 5.56 Å². The van der Waals surface area contributed by atoms with Crippen molar-refractivity contribution in [2.24, 2.45) is 14.1 Å². The summed E-state index contributed by atoms with van der Waals surface area (Å²) in [6.07, 6.45) is 0. The molecule has 0 bridgehead atoms. The minimum atomic E-state index is -0.417. The molecule has 126 valence electrons. The number of nitrogens with zero attached hydrogens (tertiary/aromatic N) is 4. The predicted octanol–water partition coefficient (Wildman–Crippen LogP) is 1.49. The summed E-state index contributed by atoms with van der Waals surface area (Å²) in [6.45, 7) is 2.43. The van der Waals surface area contributed by atoms with Crippen LogP contribution in [0.25, 0.3) is 11.2 Å². The number of hydrogen-bond acceptors (Lipinski definition) is 6. The quantitative estimate of drug-likeness (QED) is 0.506. The molecular weight excluding hydrogens is 348 g/mol. The van der Waals surface area contributed by atoms with E-state index in [-0.39, 0.29) is 17.1 Å². The van der Waals surface area contributed by atoms with E-state index in [0.717, 1.165) is 4.57 Å². The van der Waals surface area contributed by atoms with Crippen molar-refractivity contribution in [2.45, 2.75) is 18.6 Å². The Kier molecular flexibility index (Phi) is 4.46. The van der Waals surface area contributed by atoms with Crippen LogP contribution in [0.3, 0.4) is 0 Å². The van der Waals surface area contributed by atoms with Gasteiger partial charge in [0.15, 0.2) is 22.1 Å². The van der Waals surface area contributed by atoms with Crippen molar-refractivity contribution in [1.82, 2.24) is 18.7 Å². The molecule has 0 saturated carbocycles. The van der Waals surface area contributed by atoms with Gasteiger partial charge in [0.05, 0.1) is 10.6 Å². The Labute approximate surface area is 145 Å². The Morgan fingerprint density at radius 1 is 1.29 bits per heavy atom. The topological polar surface area (TPSA) is 78.9 Å². The Bertz CT molecular complexity index is 1030. The molecule has 0 N–H and O–H groups in total. The van der Waals surface area contributed by atoms with Gasteiger partial charge in [-0.3, -0.25) is 18.7 Å². The standard InChI is InChI=1S/C15H16N4O3S2/c1-4-19-11-12(17(2)15(22)18(3)13(11)21)16-14(19)24-8-9(20)10-6-5-7-23-10/h5-7H,4,8H2,1-3H3. The highest BCUT2D eigenvalue weighted by Crippen LogP contribution is 2.23. The number of hydrogen-bond donors (Lipinski definition) is 0. The SMILES string of the molecule is CCn1c(SCC(=O)c2cccs2)nc2c1c(=O)n(C)c(=O)n2C. The van der Waals surface area contributed by atoms with Crippen LogP contribution in [0.1, 0.15) is 16.6 Å². The van der Waals surface area contributed by atoms with E-state index in [1.165, 1.54) is 34.7 Å². The normalized spacial score (nSPS) is 11.3. The van der Waals surface area contributed by atoms with Crippen molar-refractivity contribution in [3.8, 4) is 0 Å². The summed E-state index contributed by atoms with van der Waals surface area (Å²) in [6, 6.07) is 3.62. The van der Waals surface area contributed by atoms with E-state index in [1.54, 1.807) is 17.7 Å². The molecule has 0 fully saturated rings. The molecule has 0 aromatic carbocycles. The second kappa shape index (κ2) is 6.40. The van der Waals surface area contributed by atoms with Crippen LogP contribution in [0.5, 0.6) is 0 Å². The van der Waals surface area contributed by atoms with Crippen molar-refractivity contribution in [2.75, 3.05) is 5.75 Å². The molecule has 0 saturated heterocycles. The zero-order chi connectivity index (χ0) is 17.4. The van der Waals surface area contributed by atoms with Gasteiger partial charge in [0.1, 0.15) is 0 Å². The van der Waals surface area contributed by atoms with Crippen molar-refractivity contribution in [1.29, 1.82) is 0 Å². The monoisotopic (exact) mass is 364 g/mol. The molecule has 7 nitrogen and oxygen atoms in total. The van der Waals surface area contributed by atoms with Gasteiger partial charge in [0, 0.05) is 20.6 Å².